The second-order valence-corrected chi connectivity index (χ2v) is 9.77. The SMILES string of the molecule is CC(C)C(=O)Nc1ccc2nc(N3CCN(CC(=O)NC(C)(C)C)CC3)cc(C(=O)O)c2c1. The van der Waals surface area contributed by atoms with E-state index >= 15 is 0 Å². The molecule has 0 spiro atoms. The van der Waals surface area contributed by atoms with Crippen molar-refractivity contribution in [3.63, 3.8) is 0 Å². The van der Waals surface area contributed by atoms with Crippen LogP contribution in [0.5, 0.6) is 0 Å². The van der Waals surface area contributed by atoms with E-state index in [0.717, 1.165) is 0 Å². The Balaban J connectivity index is 1.76. The monoisotopic (exact) mass is 455 g/mol. The first-order valence-electron chi connectivity index (χ1n) is 11.2. The number of carbonyl (C=O) groups excluding carboxylic acids is 2. The number of pyridine rings is 1. The number of carbonyl (C=O) groups is 3. The second-order valence-electron chi connectivity index (χ2n) is 9.77. The highest BCUT2D eigenvalue weighted by atomic mass is 16.4. The molecule has 0 aliphatic carbocycles. The number of nitrogens with zero attached hydrogens (tertiary/aromatic N) is 3. The quantitative estimate of drug-likeness (QED) is 0.613. The number of benzene rings is 1. The van der Waals surface area contributed by atoms with Crippen LogP contribution in [0.2, 0.25) is 0 Å². The molecule has 33 heavy (non-hydrogen) atoms. The minimum absolute atomic E-state index is 0.00620. The predicted molar refractivity (Wildman–Crippen MR) is 129 cm³/mol. The van der Waals surface area contributed by atoms with E-state index in [9.17, 15) is 19.5 Å². The molecule has 9 heteroatoms. The van der Waals surface area contributed by atoms with Crippen molar-refractivity contribution in [3.8, 4) is 0 Å². The van der Waals surface area contributed by atoms with E-state index < -0.39 is 5.97 Å². The maximum Gasteiger partial charge on any atom is 0.336 e. The Morgan fingerprint density at radius 3 is 2.33 bits per heavy atom. The number of nitrogens with one attached hydrogen (secondary N) is 2. The number of hydrogen-bond donors (Lipinski definition) is 3. The molecule has 2 heterocycles. The van der Waals surface area contributed by atoms with Crippen LogP contribution >= 0.6 is 0 Å². The average Bonchev–Trinajstić information content (AvgIpc) is 2.71. The van der Waals surface area contributed by atoms with Gasteiger partial charge < -0.3 is 20.6 Å². The highest BCUT2D eigenvalue weighted by Crippen LogP contribution is 2.27. The lowest BCUT2D eigenvalue weighted by Crippen LogP contribution is -2.52. The van der Waals surface area contributed by atoms with Crippen molar-refractivity contribution in [2.75, 3.05) is 42.9 Å². The molecule has 178 valence electrons. The zero-order valence-electron chi connectivity index (χ0n) is 19.9. The fourth-order valence-electron chi connectivity index (χ4n) is 3.71. The number of aromatic carboxylic acids is 1. The summed E-state index contributed by atoms with van der Waals surface area (Å²) < 4.78 is 0. The summed E-state index contributed by atoms with van der Waals surface area (Å²) in [6.45, 7) is 12.4. The summed E-state index contributed by atoms with van der Waals surface area (Å²) in [7, 11) is 0. The summed E-state index contributed by atoms with van der Waals surface area (Å²) in [6.07, 6.45) is 0. The molecule has 0 radical (unpaired) electrons. The predicted octanol–water partition coefficient (Wildman–Crippen LogP) is 2.56. The van der Waals surface area contributed by atoms with Gasteiger partial charge in [-0.25, -0.2) is 9.78 Å². The Kier molecular flexibility index (Phi) is 7.22. The summed E-state index contributed by atoms with van der Waals surface area (Å²) >= 11 is 0. The van der Waals surface area contributed by atoms with Crippen molar-refractivity contribution in [2.24, 2.45) is 5.92 Å². The van der Waals surface area contributed by atoms with Gasteiger partial charge in [-0.1, -0.05) is 13.8 Å². The van der Waals surface area contributed by atoms with Gasteiger partial charge in [-0.3, -0.25) is 14.5 Å². The van der Waals surface area contributed by atoms with Crippen LogP contribution in [0.1, 0.15) is 45.0 Å². The maximum atomic E-state index is 12.2. The standard InChI is InChI=1S/C24H33N5O4/c1-15(2)22(31)25-16-6-7-19-17(12-16)18(23(32)33)13-20(26-19)29-10-8-28(9-11-29)14-21(30)27-24(3,4)5/h6-7,12-13,15H,8-11,14H2,1-5H3,(H,25,31)(H,27,30)(H,32,33). The van der Waals surface area contributed by atoms with Gasteiger partial charge in [-0.05, 0) is 45.0 Å². The lowest BCUT2D eigenvalue weighted by Gasteiger charge is -2.35. The lowest BCUT2D eigenvalue weighted by molar-refractivity contribution is -0.123. The Morgan fingerprint density at radius 1 is 1.09 bits per heavy atom. The molecule has 0 bridgehead atoms. The molecule has 2 aromatic rings. The summed E-state index contributed by atoms with van der Waals surface area (Å²) in [5.74, 6) is -0.775. The van der Waals surface area contributed by atoms with Crippen molar-refractivity contribution in [1.29, 1.82) is 0 Å². The van der Waals surface area contributed by atoms with Crippen LogP contribution in [0.25, 0.3) is 10.9 Å². The topological polar surface area (TPSA) is 115 Å². The van der Waals surface area contributed by atoms with Crippen molar-refractivity contribution in [1.82, 2.24) is 15.2 Å². The van der Waals surface area contributed by atoms with Crippen molar-refractivity contribution < 1.29 is 19.5 Å². The van der Waals surface area contributed by atoms with E-state index in [2.05, 4.69) is 20.5 Å². The first kappa shape index (κ1) is 24.4. The van der Waals surface area contributed by atoms with Crippen molar-refractivity contribution in [3.05, 3.63) is 29.8 Å². The molecule has 1 saturated heterocycles. The van der Waals surface area contributed by atoms with Gasteiger partial charge in [-0.2, -0.15) is 0 Å². The first-order chi connectivity index (χ1) is 15.4. The van der Waals surface area contributed by atoms with Gasteiger partial charge in [0.05, 0.1) is 17.6 Å². The Bertz CT molecular complexity index is 1050. The van der Waals surface area contributed by atoms with Crippen LogP contribution in [0.15, 0.2) is 24.3 Å². The summed E-state index contributed by atoms with van der Waals surface area (Å²) in [5, 5.41) is 16.1. The number of piperazine rings is 1. The number of aromatic nitrogens is 1. The highest BCUT2D eigenvalue weighted by molar-refractivity contribution is 6.05. The Morgan fingerprint density at radius 2 is 1.76 bits per heavy atom. The van der Waals surface area contributed by atoms with Gasteiger partial charge in [0, 0.05) is 48.7 Å². The van der Waals surface area contributed by atoms with Crippen LogP contribution in [0, 0.1) is 5.92 Å². The van der Waals surface area contributed by atoms with Gasteiger partial charge in [-0.15, -0.1) is 0 Å². The van der Waals surface area contributed by atoms with Crippen LogP contribution in [-0.4, -0.2) is 71.0 Å². The molecule has 0 saturated carbocycles. The third-order valence-corrected chi connectivity index (χ3v) is 5.40. The van der Waals surface area contributed by atoms with E-state index in [4.69, 9.17) is 0 Å². The van der Waals surface area contributed by atoms with Crippen LogP contribution in [0.3, 0.4) is 0 Å². The molecule has 9 nitrogen and oxygen atoms in total. The first-order valence-corrected chi connectivity index (χ1v) is 11.2. The molecule has 3 N–H and O–H groups in total. The van der Waals surface area contributed by atoms with Gasteiger partial charge in [0.25, 0.3) is 0 Å². The second kappa shape index (κ2) is 9.74. The molecular formula is C24H33N5O4. The number of fused-ring (bicyclic) bond motifs is 1. The lowest BCUT2D eigenvalue weighted by atomic mass is 10.1. The van der Waals surface area contributed by atoms with E-state index in [0.29, 0.717) is 55.1 Å². The normalized spacial score (nSPS) is 15.0. The fraction of sp³-hybridized carbons (Fsp3) is 0.500. The van der Waals surface area contributed by atoms with Gasteiger partial charge in [0.2, 0.25) is 11.8 Å². The molecule has 2 amide bonds. The minimum Gasteiger partial charge on any atom is -0.478 e. The minimum atomic E-state index is -1.05. The number of carboxylic acid groups (broad SMARTS) is 1. The maximum absolute atomic E-state index is 12.2. The molecule has 1 aromatic heterocycles. The van der Waals surface area contributed by atoms with Gasteiger partial charge in [0.15, 0.2) is 0 Å². The fourth-order valence-corrected chi connectivity index (χ4v) is 3.71. The van der Waals surface area contributed by atoms with Crippen LogP contribution in [0.4, 0.5) is 11.5 Å². The van der Waals surface area contributed by atoms with Gasteiger partial charge >= 0.3 is 5.97 Å². The van der Waals surface area contributed by atoms with E-state index in [1.807, 2.05) is 25.7 Å². The third kappa shape index (κ3) is 6.41. The average molecular weight is 456 g/mol. The largest absolute Gasteiger partial charge is 0.478 e. The third-order valence-electron chi connectivity index (χ3n) is 5.40. The Labute approximate surface area is 194 Å². The van der Waals surface area contributed by atoms with Crippen molar-refractivity contribution in [2.45, 2.75) is 40.2 Å². The molecule has 1 aliphatic heterocycles. The molecule has 1 aliphatic rings. The van der Waals surface area contributed by atoms with Crippen LogP contribution < -0.4 is 15.5 Å². The van der Waals surface area contributed by atoms with E-state index in [1.54, 1.807) is 38.1 Å². The number of carboxylic acids is 1. The number of hydrogen-bond acceptors (Lipinski definition) is 6. The van der Waals surface area contributed by atoms with E-state index in [-0.39, 0.29) is 28.8 Å². The van der Waals surface area contributed by atoms with Crippen LogP contribution in [-0.2, 0) is 9.59 Å². The smallest absolute Gasteiger partial charge is 0.336 e. The molecule has 0 unspecified atom stereocenters. The summed E-state index contributed by atoms with van der Waals surface area (Å²) in [4.78, 5) is 45.0. The number of rotatable bonds is 6. The molecular weight excluding hydrogens is 422 g/mol. The Hall–Kier alpha value is -3.20. The molecule has 3 rings (SSSR count). The molecule has 0 atom stereocenters. The van der Waals surface area contributed by atoms with Crippen molar-refractivity contribution >= 4 is 40.2 Å². The summed E-state index contributed by atoms with van der Waals surface area (Å²) in [6, 6.07) is 6.70. The zero-order chi connectivity index (χ0) is 24.3. The highest BCUT2D eigenvalue weighted by Gasteiger charge is 2.23. The molecule has 1 fully saturated rings. The van der Waals surface area contributed by atoms with E-state index in [1.165, 1.54) is 0 Å². The molecule has 1 aromatic carbocycles. The number of anilines is 2. The van der Waals surface area contributed by atoms with Gasteiger partial charge in [0.1, 0.15) is 5.82 Å². The zero-order valence-corrected chi connectivity index (χ0v) is 19.9. The summed E-state index contributed by atoms with van der Waals surface area (Å²) in [5.41, 5.74) is 0.973. The number of amides is 2.